The summed E-state index contributed by atoms with van der Waals surface area (Å²) in [5, 5.41) is 9.56. The lowest BCUT2D eigenvalue weighted by molar-refractivity contribution is 0.282. The van der Waals surface area contributed by atoms with Crippen LogP contribution in [0.3, 0.4) is 0 Å². The van der Waals surface area contributed by atoms with Crippen LogP contribution < -0.4 is 9.47 Å². The molecule has 6 heteroatoms. The molecule has 0 radical (unpaired) electrons. The van der Waals surface area contributed by atoms with Crippen molar-refractivity contribution in [2.75, 3.05) is 13.7 Å². The molecule has 2 aliphatic rings. The fourth-order valence-corrected chi connectivity index (χ4v) is 2.99. The summed E-state index contributed by atoms with van der Waals surface area (Å²) in [6, 6.07) is 8.07. The van der Waals surface area contributed by atoms with Gasteiger partial charge in [-0.2, -0.15) is 0 Å². The van der Waals surface area contributed by atoms with Gasteiger partial charge in [0.25, 0.3) is 0 Å². The summed E-state index contributed by atoms with van der Waals surface area (Å²) in [5.74, 6) is 1.72. The van der Waals surface area contributed by atoms with Crippen LogP contribution in [0.1, 0.15) is 24.3 Å². The van der Waals surface area contributed by atoms with Gasteiger partial charge in [0.1, 0.15) is 0 Å². The zero-order valence-corrected chi connectivity index (χ0v) is 13.6. The maximum atomic E-state index is 9.56. The maximum absolute atomic E-state index is 9.56. The van der Waals surface area contributed by atoms with Gasteiger partial charge < -0.3 is 19.2 Å². The Morgan fingerprint density at radius 2 is 2.04 bits per heavy atom. The molecule has 0 spiro atoms. The van der Waals surface area contributed by atoms with E-state index in [1.807, 2.05) is 30.6 Å². The lowest BCUT2D eigenvalue weighted by atomic mass is 9.80. The van der Waals surface area contributed by atoms with Crippen molar-refractivity contribution in [2.45, 2.75) is 31.2 Å². The van der Waals surface area contributed by atoms with Crippen LogP contribution in [-0.2, 0) is 4.65 Å². The third-order valence-electron chi connectivity index (χ3n) is 4.52. The molecule has 1 aromatic carbocycles. The highest BCUT2D eigenvalue weighted by molar-refractivity contribution is 6.43. The molecule has 5 nitrogen and oxygen atoms in total. The first kappa shape index (κ1) is 15.5. The lowest BCUT2D eigenvalue weighted by Crippen LogP contribution is -2.07. The van der Waals surface area contributed by atoms with Crippen LogP contribution in [0, 0.1) is 0 Å². The van der Waals surface area contributed by atoms with Crippen molar-refractivity contribution < 1.29 is 19.2 Å². The van der Waals surface area contributed by atoms with Crippen molar-refractivity contribution in [2.24, 2.45) is 0 Å². The van der Waals surface area contributed by atoms with Gasteiger partial charge in [-0.15, -0.1) is 0 Å². The zero-order chi connectivity index (χ0) is 16.5. The number of methoxy groups -OCH3 is 1. The Balaban J connectivity index is 1.63. The fourth-order valence-electron chi connectivity index (χ4n) is 2.99. The lowest BCUT2D eigenvalue weighted by Gasteiger charge is -2.13. The Hall–Kier alpha value is -2.05. The number of aromatic nitrogens is 1. The molecule has 1 saturated heterocycles. The highest BCUT2D eigenvalue weighted by Gasteiger charge is 2.30. The molecule has 2 aromatic rings. The number of nitrogens with zero attached hydrogens (tertiary/aromatic N) is 1. The molecule has 1 unspecified atom stereocenters. The van der Waals surface area contributed by atoms with Gasteiger partial charge in [-0.1, -0.05) is 6.07 Å². The van der Waals surface area contributed by atoms with Crippen LogP contribution in [0.15, 0.2) is 36.7 Å². The number of benzene rings is 1. The standard InChI is InChI=1S/C18H20BNO4/c1-22-17-5-2-12(7-18(17)24-16-3-4-16)13-6-14(10-20-9-13)15-8-19(21)23-11-15/h2,5-7,9-10,15-16,21H,3-4,8,11H2,1H3. The average Bonchev–Trinajstić information content (AvgIpc) is 3.32. The van der Waals surface area contributed by atoms with E-state index in [4.69, 9.17) is 14.1 Å². The van der Waals surface area contributed by atoms with Gasteiger partial charge in [0.2, 0.25) is 0 Å². The molecular formula is C18H20BNO4. The first-order chi connectivity index (χ1) is 11.7. The molecule has 1 aromatic heterocycles. The topological polar surface area (TPSA) is 60.8 Å². The Bertz CT molecular complexity index is 735. The predicted octanol–water partition coefficient (Wildman–Crippen LogP) is 2.89. The van der Waals surface area contributed by atoms with Gasteiger partial charge in [-0.3, -0.25) is 4.98 Å². The van der Waals surface area contributed by atoms with Crippen molar-refractivity contribution in [3.8, 4) is 22.6 Å². The second-order valence-electron chi connectivity index (χ2n) is 6.41. The Morgan fingerprint density at radius 1 is 1.17 bits per heavy atom. The summed E-state index contributed by atoms with van der Waals surface area (Å²) in [5.41, 5.74) is 3.15. The Kier molecular flexibility index (Phi) is 4.16. The number of ether oxygens (including phenoxy) is 2. The summed E-state index contributed by atoms with van der Waals surface area (Å²) >= 11 is 0. The van der Waals surface area contributed by atoms with Gasteiger partial charge in [-0.05, 0) is 48.5 Å². The van der Waals surface area contributed by atoms with Crippen molar-refractivity contribution >= 4 is 7.12 Å². The molecular weight excluding hydrogens is 305 g/mol. The number of hydrogen-bond donors (Lipinski definition) is 1. The summed E-state index contributed by atoms with van der Waals surface area (Å²) in [6.45, 7) is 0.533. The van der Waals surface area contributed by atoms with Crippen molar-refractivity contribution in [1.82, 2.24) is 4.98 Å². The largest absolute Gasteiger partial charge is 0.493 e. The van der Waals surface area contributed by atoms with E-state index in [0.29, 0.717) is 19.0 Å². The van der Waals surface area contributed by atoms with Crippen LogP contribution >= 0.6 is 0 Å². The summed E-state index contributed by atoms with van der Waals surface area (Å²) < 4.78 is 16.6. The SMILES string of the molecule is COc1ccc(-c2cncc(C3COB(O)C3)c2)cc1OC1CC1. The van der Waals surface area contributed by atoms with Crippen molar-refractivity contribution in [3.05, 3.63) is 42.2 Å². The molecule has 124 valence electrons. The Morgan fingerprint density at radius 3 is 2.75 bits per heavy atom. The fraction of sp³-hybridized carbons (Fsp3) is 0.389. The molecule has 2 fully saturated rings. The Labute approximate surface area is 141 Å². The average molecular weight is 325 g/mol. The van der Waals surface area contributed by atoms with Crippen LogP contribution in [0.25, 0.3) is 11.1 Å². The quantitative estimate of drug-likeness (QED) is 0.857. The molecule has 4 rings (SSSR count). The number of hydrogen-bond acceptors (Lipinski definition) is 5. The monoisotopic (exact) mass is 325 g/mol. The minimum atomic E-state index is -0.668. The highest BCUT2D eigenvalue weighted by atomic mass is 16.5. The second-order valence-corrected chi connectivity index (χ2v) is 6.41. The minimum Gasteiger partial charge on any atom is -0.493 e. The van der Waals surface area contributed by atoms with Gasteiger partial charge in [0, 0.05) is 30.5 Å². The first-order valence-corrected chi connectivity index (χ1v) is 8.32. The predicted molar refractivity (Wildman–Crippen MR) is 91.3 cm³/mol. The highest BCUT2D eigenvalue weighted by Crippen LogP contribution is 2.37. The zero-order valence-electron chi connectivity index (χ0n) is 13.6. The van der Waals surface area contributed by atoms with E-state index in [1.165, 1.54) is 0 Å². The molecule has 1 aliphatic carbocycles. The van der Waals surface area contributed by atoms with Crippen molar-refractivity contribution in [1.29, 1.82) is 0 Å². The third-order valence-corrected chi connectivity index (χ3v) is 4.52. The molecule has 1 saturated carbocycles. The molecule has 24 heavy (non-hydrogen) atoms. The van der Waals surface area contributed by atoms with Crippen LogP contribution in [0.4, 0.5) is 0 Å². The maximum Gasteiger partial charge on any atom is 0.454 e. The van der Waals surface area contributed by atoms with E-state index < -0.39 is 7.12 Å². The van der Waals surface area contributed by atoms with E-state index >= 15 is 0 Å². The number of pyridine rings is 1. The molecule has 0 bridgehead atoms. The first-order valence-electron chi connectivity index (χ1n) is 8.32. The van der Waals surface area contributed by atoms with Crippen LogP contribution in [-0.4, -0.2) is 36.9 Å². The molecule has 1 aliphatic heterocycles. The summed E-state index contributed by atoms with van der Waals surface area (Å²) in [7, 11) is 0.987. The van der Waals surface area contributed by atoms with E-state index in [2.05, 4.69) is 11.1 Å². The van der Waals surface area contributed by atoms with Gasteiger partial charge >= 0.3 is 7.12 Å². The second kappa shape index (κ2) is 6.45. The van der Waals surface area contributed by atoms with Gasteiger partial charge in [0.05, 0.1) is 13.2 Å². The van der Waals surface area contributed by atoms with E-state index in [1.54, 1.807) is 7.11 Å². The molecule has 1 N–H and O–H groups in total. The molecule has 2 heterocycles. The molecule has 0 amide bonds. The third kappa shape index (κ3) is 3.25. The van der Waals surface area contributed by atoms with E-state index in [0.717, 1.165) is 41.0 Å². The summed E-state index contributed by atoms with van der Waals surface area (Å²) in [6.07, 6.45) is 6.84. The van der Waals surface area contributed by atoms with Crippen LogP contribution in [0.2, 0.25) is 6.32 Å². The van der Waals surface area contributed by atoms with E-state index in [-0.39, 0.29) is 5.92 Å². The van der Waals surface area contributed by atoms with Gasteiger partial charge in [0.15, 0.2) is 11.5 Å². The smallest absolute Gasteiger partial charge is 0.454 e. The van der Waals surface area contributed by atoms with Gasteiger partial charge in [-0.25, -0.2) is 0 Å². The van der Waals surface area contributed by atoms with E-state index in [9.17, 15) is 5.02 Å². The normalized spacial score (nSPS) is 20.2. The number of rotatable bonds is 5. The summed E-state index contributed by atoms with van der Waals surface area (Å²) in [4.78, 5) is 4.37. The minimum absolute atomic E-state index is 0.188. The van der Waals surface area contributed by atoms with Crippen molar-refractivity contribution in [3.63, 3.8) is 0 Å². The van der Waals surface area contributed by atoms with Crippen LogP contribution in [0.5, 0.6) is 11.5 Å². The molecule has 1 atom stereocenters.